The van der Waals surface area contributed by atoms with E-state index in [9.17, 15) is 5.11 Å². The van der Waals surface area contributed by atoms with Crippen LogP contribution in [0.5, 0.6) is 0 Å². The molecule has 90 valence electrons. The van der Waals surface area contributed by atoms with Gasteiger partial charge in [0.15, 0.2) is 0 Å². The number of aliphatic hydroxyl groups excluding tert-OH is 1. The van der Waals surface area contributed by atoms with Gasteiger partial charge in [-0.3, -0.25) is 0 Å². The van der Waals surface area contributed by atoms with E-state index in [-0.39, 0.29) is 12.0 Å². The summed E-state index contributed by atoms with van der Waals surface area (Å²) in [6, 6.07) is 0. The van der Waals surface area contributed by atoms with E-state index in [0.29, 0.717) is 18.3 Å². The lowest BCUT2D eigenvalue weighted by atomic mass is 10.1. The van der Waals surface area contributed by atoms with Crippen LogP contribution in [0.2, 0.25) is 0 Å². The minimum absolute atomic E-state index is 0.219. The molecule has 16 heavy (non-hydrogen) atoms. The van der Waals surface area contributed by atoms with Gasteiger partial charge in [0, 0.05) is 19.8 Å². The summed E-state index contributed by atoms with van der Waals surface area (Å²) in [5.74, 6) is 1.45. The predicted molar refractivity (Wildman–Crippen MR) is 68.6 cm³/mol. The first-order chi connectivity index (χ1) is 7.54. The molecule has 0 aliphatic carbocycles. The van der Waals surface area contributed by atoms with Gasteiger partial charge < -0.3 is 15.7 Å². The van der Waals surface area contributed by atoms with E-state index in [1.165, 1.54) is 0 Å². The summed E-state index contributed by atoms with van der Waals surface area (Å²) >= 11 is 3.35. The molecular formula is C10H17BrN4O. The van der Waals surface area contributed by atoms with E-state index in [4.69, 9.17) is 0 Å². The second-order valence-corrected chi connectivity index (χ2v) is 4.69. The summed E-state index contributed by atoms with van der Waals surface area (Å²) < 4.78 is 0.780. The van der Waals surface area contributed by atoms with E-state index in [1.54, 1.807) is 13.2 Å². The highest BCUT2D eigenvalue weighted by molar-refractivity contribution is 9.10. The van der Waals surface area contributed by atoms with Crippen LogP contribution >= 0.6 is 15.9 Å². The Balaban J connectivity index is 2.65. The van der Waals surface area contributed by atoms with Crippen molar-refractivity contribution in [2.75, 3.05) is 24.2 Å². The molecule has 3 N–H and O–H groups in total. The highest BCUT2D eigenvalue weighted by Gasteiger charge is 2.10. The number of rotatable bonds is 5. The number of nitrogens with zero attached hydrogens (tertiary/aromatic N) is 2. The maximum Gasteiger partial charge on any atom is 0.224 e. The molecule has 0 saturated carbocycles. The molecule has 1 atom stereocenters. The molecule has 6 heteroatoms. The average molecular weight is 289 g/mol. The Morgan fingerprint density at radius 2 is 2.19 bits per heavy atom. The fourth-order valence-electron chi connectivity index (χ4n) is 1.05. The Morgan fingerprint density at radius 3 is 2.75 bits per heavy atom. The highest BCUT2D eigenvalue weighted by Crippen LogP contribution is 2.20. The van der Waals surface area contributed by atoms with Gasteiger partial charge in [0.25, 0.3) is 0 Å². The predicted octanol–water partition coefficient (Wildman–Crippen LogP) is 1.71. The SMILES string of the molecule is CNc1ncc(Br)c(NCC(O)C(C)C)n1. The monoisotopic (exact) mass is 288 g/mol. The molecule has 0 aliphatic rings. The molecule has 1 unspecified atom stereocenters. The molecule has 0 amide bonds. The molecule has 1 rings (SSSR count). The number of hydrogen-bond acceptors (Lipinski definition) is 5. The average Bonchev–Trinajstić information content (AvgIpc) is 2.27. The number of aromatic nitrogens is 2. The van der Waals surface area contributed by atoms with Gasteiger partial charge in [-0.05, 0) is 21.8 Å². The van der Waals surface area contributed by atoms with Crippen LogP contribution in [0, 0.1) is 5.92 Å². The van der Waals surface area contributed by atoms with Gasteiger partial charge in [-0.15, -0.1) is 0 Å². The Hall–Kier alpha value is -0.880. The molecule has 0 aliphatic heterocycles. The lowest BCUT2D eigenvalue weighted by Gasteiger charge is -2.16. The third-order valence-electron chi connectivity index (χ3n) is 2.22. The smallest absolute Gasteiger partial charge is 0.224 e. The number of anilines is 2. The zero-order valence-electron chi connectivity index (χ0n) is 9.66. The highest BCUT2D eigenvalue weighted by atomic mass is 79.9. The summed E-state index contributed by atoms with van der Waals surface area (Å²) in [6.45, 7) is 4.41. The molecule has 0 saturated heterocycles. The molecule has 5 nitrogen and oxygen atoms in total. The third-order valence-corrected chi connectivity index (χ3v) is 2.80. The first-order valence-corrected chi connectivity index (χ1v) is 5.96. The minimum atomic E-state index is -0.389. The lowest BCUT2D eigenvalue weighted by Crippen LogP contribution is -2.25. The van der Waals surface area contributed by atoms with Crippen molar-refractivity contribution in [2.45, 2.75) is 20.0 Å². The van der Waals surface area contributed by atoms with Crippen molar-refractivity contribution in [1.29, 1.82) is 0 Å². The van der Waals surface area contributed by atoms with Crippen LogP contribution in [-0.2, 0) is 0 Å². The van der Waals surface area contributed by atoms with Gasteiger partial charge >= 0.3 is 0 Å². The molecule has 1 aromatic rings. The van der Waals surface area contributed by atoms with Gasteiger partial charge in [0.2, 0.25) is 5.95 Å². The van der Waals surface area contributed by atoms with E-state index >= 15 is 0 Å². The number of nitrogens with one attached hydrogen (secondary N) is 2. The Labute approximate surface area is 104 Å². The van der Waals surface area contributed by atoms with Crippen LogP contribution in [0.3, 0.4) is 0 Å². The second-order valence-electron chi connectivity index (χ2n) is 3.83. The van der Waals surface area contributed by atoms with Crippen molar-refractivity contribution in [1.82, 2.24) is 9.97 Å². The first kappa shape index (κ1) is 13.2. The number of hydrogen-bond donors (Lipinski definition) is 3. The summed E-state index contributed by atoms with van der Waals surface area (Å²) in [5, 5.41) is 15.6. The van der Waals surface area contributed by atoms with Crippen molar-refractivity contribution in [3.63, 3.8) is 0 Å². The van der Waals surface area contributed by atoms with E-state index in [0.717, 1.165) is 4.47 Å². The van der Waals surface area contributed by atoms with Gasteiger partial charge in [0.05, 0.1) is 10.6 Å². The van der Waals surface area contributed by atoms with Crippen molar-refractivity contribution >= 4 is 27.7 Å². The fourth-order valence-corrected chi connectivity index (χ4v) is 1.38. The Kier molecular flexibility index (Phi) is 4.95. The standard InChI is InChI=1S/C10H17BrN4O/c1-6(2)8(16)5-13-9-7(11)4-14-10(12-3)15-9/h4,6,8,16H,5H2,1-3H3,(H2,12,13,14,15). The summed E-state index contributed by atoms with van der Waals surface area (Å²) in [4.78, 5) is 8.28. The number of halogens is 1. The molecule has 1 aromatic heterocycles. The molecule has 0 aromatic carbocycles. The second kappa shape index (κ2) is 6.00. The van der Waals surface area contributed by atoms with Gasteiger partial charge in [-0.1, -0.05) is 13.8 Å². The van der Waals surface area contributed by atoms with Crippen molar-refractivity contribution in [2.24, 2.45) is 5.92 Å². The van der Waals surface area contributed by atoms with E-state index in [2.05, 4.69) is 36.5 Å². The van der Waals surface area contributed by atoms with Crippen LogP contribution < -0.4 is 10.6 Å². The van der Waals surface area contributed by atoms with Crippen molar-refractivity contribution < 1.29 is 5.11 Å². The zero-order valence-corrected chi connectivity index (χ0v) is 11.2. The third kappa shape index (κ3) is 3.61. The summed E-state index contributed by atoms with van der Waals surface area (Å²) in [7, 11) is 1.76. The van der Waals surface area contributed by atoms with E-state index < -0.39 is 0 Å². The quantitative estimate of drug-likeness (QED) is 0.770. The van der Waals surface area contributed by atoms with Crippen LogP contribution in [-0.4, -0.2) is 34.8 Å². The molecule has 0 bridgehead atoms. The van der Waals surface area contributed by atoms with Crippen LogP contribution in [0.4, 0.5) is 11.8 Å². The Morgan fingerprint density at radius 1 is 1.50 bits per heavy atom. The molecule has 0 radical (unpaired) electrons. The van der Waals surface area contributed by atoms with Crippen molar-refractivity contribution in [3.05, 3.63) is 10.7 Å². The zero-order chi connectivity index (χ0) is 12.1. The number of aliphatic hydroxyl groups is 1. The van der Waals surface area contributed by atoms with Gasteiger partial charge in [-0.2, -0.15) is 4.98 Å². The maximum absolute atomic E-state index is 9.67. The normalized spacial score (nSPS) is 12.6. The maximum atomic E-state index is 9.67. The summed E-state index contributed by atoms with van der Waals surface area (Å²) in [5.41, 5.74) is 0. The Bertz CT molecular complexity index is 346. The van der Waals surface area contributed by atoms with Gasteiger partial charge in [-0.25, -0.2) is 4.98 Å². The van der Waals surface area contributed by atoms with E-state index in [1.807, 2.05) is 13.8 Å². The molecule has 0 fully saturated rings. The molecule has 1 heterocycles. The van der Waals surface area contributed by atoms with Gasteiger partial charge in [0.1, 0.15) is 5.82 Å². The fraction of sp³-hybridized carbons (Fsp3) is 0.600. The molecular weight excluding hydrogens is 272 g/mol. The first-order valence-electron chi connectivity index (χ1n) is 5.16. The van der Waals surface area contributed by atoms with Crippen LogP contribution in [0.25, 0.3) is 0 Å². The van der Waals surface area contributed by atoms with Crippen LogP contribution in [0.15, 0.2) is 10.7 Å². The van der Waals surface area contributed by atoms with Crippen LogP contribution in [0.1, 0.15) is 13.8 Å². The minimum Gasteiger partial charge on any atom is -0.391 e. The van der Waals surface area contributed by atoms with Crippen molar-refractivity contribution in [3.8, 4) is 0 Å². The topological polar surface area (TPSA) is 70.1 Å². The molecule has 0 spiro atoms. The lowest BCUT2D eigenvalue weighted by molar-refractivity contribution is 0.138. The largest absolute Gasteiger partial charge is 0.391 e. The summed E-state index contributed by atoms with van der Waals surface area (Å²) in [6.07, 6.45) is 1.28.